The van der Waals surface area contributed by atoms with Crippen molar-refractivity contribution in [2.45, 2.75) is 6.54 Å². The second-order valence-corrected chi connectivity index (χ2v) is 9.65. The Kier molecular flexibility index (Phi) is 8.45. The Balaban J connectivity index is 1.64. The Labute approximate surface area is 204 Å². The molecule has 0 radical (unpaired) electrons. The van der Waals surface area contributed by atoms with Crippen LogP contribution < -0.4 is 14.5 Å². The molecule has 7 nitrogen and oxygen atoms in total. The molecule has 176 valence electrons. The Bertz CT molecular complexity index is 1260. The monoisotopic (exact) mass is 497 g/mol. The minimum Gasteiger partial charge on any atom is -0.490 e. The number of nitrogens with one attached hydrogen (secondary N) is 1. The van der Waals surface area contributed by atoms with Crippen molar-refractivity contribution in [3.8, 4) is 5.75 Å². The maximum absolute atomic E-state index is 12.4. The van der Waals surface area contributed by atoms with Crippen molar-refractivity contribution >= 4 is 39.4 Å². The van der Waals surface area contributed by atoms with Crippen LogP contribution in [0.2, 0.25) is 5.02 Å². The number of halogens is 1. The van der Waals surface area contributed by atoms with Crippen molar-refractivity contribution in [2.24, 2.45) is 5.10 Å². The van der Waals surface area contributed by atoms with E-state index in [2.05, 4.69) is 17.1 Å². The normalized spacial score (nSPS) is 11.2. The van der Waals surface area contributed by atoms with Crippen molar-refractivity contribution in [2.75, 3.05) is 17.2 Å². The fraction of sp³-hybridized carbons (Fsp3) is 0.120. The van der Waals surface area contributed by atoms with Gasteiger partial charge in [0.05, 0.1) is 24.7 Å². The van der Waals surface area contributed by atoms with E-state index in [1.165, 1.54) is 10.5 Å². The molecule has 3 aromatic rings. The van der Waals surface area contributed by atoms with Crippen LogP contribution in [-0.4, -0.2) is 33.4 Å². The molecule has 0 aromatic heterocycles. The summed E-state index contributed by atoms with van der Waals surface area (Å²) in [6.45, 7) is 4.16. The second-order valence-electron chi connectivity index (χ2n) is 7.31. The lowest BCUT2D eigenvalue weighted by molar-refractivity contribution is 0.0955. The molecule has 0 spiro atoms. The van der Waals surface area contributed by atoms with Gasteiger partial charge in [-0.2, -0.15) is 5.10 Å². The average molecular weight is 498 g/mol. The predicted octanol–water partition coefficient (Wildman–Crippen LogP) is 4.63. The summed E-state index contributed by atoms with van der Waals surface area (Å²) in [7, 11) is -3.55. The largest absolute Gasteiger partial charge is 0.490 e. The van der Waals surface area contributed by atoms with Crippen LogP contribution in [0.3, 0.4) is 0 Å². The quantitative estimate of drug-likeness (QED) is 0.251. The molecule has 1 amide bonds. The van der Waals surface area contributed by atoms with Gasteiger partial charge < -0.3 is 4.74 Å². The summed E-state index contributed by atoms with van der Waals surface area (Å²) >= 11 is 5.91. The molecule has 0 bridgehead atoms. The molecular formula is C25H24ClN3O4S. The maximum Gasteiger partial charge on any atom is 0.271 e. The highest BCUT2D eigenvalue weighted by Gasteiger charge is 2.18. The van der Waals surface area contributed by atoms with Gasteiger partial charge in [-0.15, -0.1) is 0 Å². The van der Waals surface area contributed by atoms with Crippen molar-refractivity contribution in [3.63, 3.8) is 0 Å². The minimum absolute atomic E-state index is 0.142. The van der Waals surface area contributed by atoms with Crippen molar-refractivity contribution in [3.05, 3.63) is 107 Å². The fourth-order valence-corrected chi connectivity index (χ4v) is 3.98. The minimum atomic E-state index is -3.55. The molecule has 0 unspecified atom stereocenters. The summed E-state index contributed by atoms with van der Waals surface area (Å²) in [6, 6.07) is 20.4. The highest BCUT2D eigenvalue weighted by molar-refractivity contribution is 7.92. The van der Waals surface area contributed by atoms with E-state index in [1.807, 2.05) is 12.1 Å². The van der Waals surface area contributed by atoms with E-state index in [1.54, 1.807) is 66.7 Å². The number of benzene rings is 3. The highest BCUT2D eigenvalue weighted by atomic mass is 35.5. The number of nitrogens with zero attached hydrogens (tertiary/aromatic N) is 2. The zero-order valence-corrected chi connectivity index (χ0v) is 20.1. The average Bonchev–Trinajstić information content (AvgIpc) is 2.82. The number of rotatable bonds is 10. The topological polar surface area (TPSA) is 88.1 Å². The molecule has 0 atom stereocenters. The van der Waals surface area contributed by atoms with Gasteiger partial charge in [0, 0.05) is 10.6 Å². The lowest BCUT2D eigenvalue weighted by Gasteiger charge is -2.22. The molecule has 0 aliphatic rings. The first kappa shape index (κ1) is 25.0. The number of hydrogen-bond donors (Lipinski definition) is 1. The van der Waals surface area contributed by atoms with Gasteiger partial charge in [-0.3, -0.25) is 9.10 Å². The van der Waals surface area contributed by atoms with E-state index < -0.39 is 15.9 Å². The Hall–Kier alpha value is -3.62. The van der Waals surface area contributed by atoms with E-state index in [-0.39, 0.29) is 6.54 Å². The van der Waals surface area contributed by atoms with Crippen LogP contribution >= 0.6 is 11.6 Å². The first-order chi connectivity index (χ1) is 16.3. The van der Waals surface area contributed by atoms with Crippen LogP contribution in [0.1, 0.15) is 21.5 Å². The predicted molar refractivity (Wildman–Crippen MR) is 136 cm³/mol. The lowest BCUT2D eigenvalue weighted by Crippen LogP contribution is -2.29. The van der Waals surface area contributed by atoms with Gasteiger partial charge in [0.2, 0.25) is 10.0 Å². The van der Waals surface area contributed by atoms with Gasteiger partial charge >= 0.3 is 0 Å². The van der Waals surface area contributed by atoms with Crippen molar-refractivity contribution < 1.29 is 17.9 Å². The third-order valence-electron chi connectivity index (χ3n) is 4.68. The maximum atomic E-state index is 12.4. The summed E-state index contributed by atoms with van der Waals surface area (Å²) < 4.78 is 31.4. The van der Waals surface area contributed by atoms with E-state index >= 15 is 0 Å². The number of hydrogen-bond acceptors (Lipinski definition) is 5. The molecule has 0 aliphatic carbocycles. The van der Waals surface area contributed by atoms with Crippen LogP contribution in [-0.2, 0) is 16.6 Å². The van der Waals surface area contributed by atoms with Gasteiger partial charge in [-0.05, 0) is 71.8 Å². The Morgan fingerprint density at radius 3 is 2.29 bits per heavy atom. The van der Waals surface area contributed by atoms with E-state index in [9.17, 15) is 13.2 Å². The van der Waals surface area contributed by atoms with E-state index in [0.29, 0.717) is 28.6 Å². The van der Waals surface area contributed by atoms with Crippen LogP contribution in [0.25, 0.3) is 0 Å². The molecule has 0 saturated heterocycles. The van der Waals surface area contributed by atoms with Crippen LogP contribution in [0.5, 0.6) is 5.75 Å². The van der Waals surface area contributed by atoms with Gasteiger partial charge in [-0.1, -0.05) is 36.4 Å². The number of ether oxygens (including phenoxy) is 1. The second kappa shape index (κ2) is 11.5. The lowest BCUT2D eigenvalue weighted by atomic mass is 10.2. The molecule has 0 fully saturated rings. The van der Waals surface area contributed by atoms with Crippen LogP contribution in [0, 0.1) is 0 Å². The number of carbonyl (C=O) groups is 1. The Morgan fingerprint density at radius 2 is 1.71 bits per heavy atom. The van der Waals surface area contributed by atoms with Gasteiger partial charge in [0.1, 0.15) is 12.4 Å². The number of carbonyl (C=O) groups excluding carboxylic acids is 1. The fourth-order valence-electron chi connectivity index (χ4n) is 2.97. The molecule has 0 aliphatic heterocycles. The molecular weight excluding hydrogens is 474 g/mol. The smallest absolute Gasteiger partial charge is 0.271 e. The summed E-state index contributed by atoms with van der Waals surface area (Å²) in [5, 5.41) is 4.54. The molecule has 3 rings (SSSR count). The number of hydrazone groups is 1. The summed E-state index contributed by atoms with van der Waals surface area (Å²) in [6.07, 6.45) is 4.31. The molecule has 0 heterocycles. The van der Waals surface area contributed by atoms with Crippen molar-refractivity contribution in [1.29, 1.82) is 0 Å². The SMILES string of the molecule is C=CCOc1ccc(/C=N\NC(=O)c2ccc(N(Cc3ccc(Cl)cc3)S(C)(=O)=O)cc2)cc1. The summed E-state index contributed by atoms with van der Waals surface area (Å²) in [4.78, 5) is 12.4. The first-order valence-electron chi connectivity index (χ1n) is 10.3. The number of sulfonamides is 1. The van der Waals surface area contributed by atoms with E-state index in [4.69, 9.17) is 16.3 Å². The van der Waals surface area contributed by atoms with Crippen LogP contribution in [0.4, 0.5) is 5.69 Å². The number of amides is 1. The molecule has 9 heteroatoms. The summed E-state index contributed by atoms with van der Waals surface area (Å²) in [5.41, 5.74) is 4.81. The van der Waals surface area contributed by atoms with Gasteiger partial charge in [0.15, 0.2) is 0 Å². The molecule has 34 heavy (non-hydrogen) atoms. The van der Waals surface area contributed by atoms with Crippen molar-refractivity contribution in [1.82, 2.24) is 5.43 Å². The third kappa shape index (κ3) is 7.19. The molecule has 0 saturated carbocycles. The van der Waals surface area contributed by atoms with E-state index in [0.717, 1.165) is 17.4 Å². The van der Waals surface area contributed by atoms with Crippen LogP contribution in [0.15, 0.2) is 90.6 Å². The summed E-state index contributed by atoms with van der Waals surface area (Å²) in [5.74, 6) is 0.290. The zero-order valence-electron chi connectivity index (χ0n) is 18.5. The number of anilines is 1. The first-order valence-corrected chi connectivity index (χ1v) is 12.5. The Morgan fingerprint density at radius 1 is 1.06 bits per heavy atom. The van der Waals surface area contributed by atoms with Gasteiger partial charge in [0.25, 0.3) is 5.91 Å². The zero-order chi connectivity index (χ0) is 24.6. The highest BCUT2D eigenvalue weighted by Crippen LogP contribution is 2.22. The van der Waals surface area contributed by atoms with Gasteiger partial charge in [-0.25, -0.2) is 13.8 Å². The third-order valence-corrected chi connectivity index (χ3v) is 6.08. The standard InChI is InChI=1S/C25H24ClN3O4S/c1-3-16-33-24-14-6-19(7-15-24)17-27-28-25(30)21-8-12-23(13-9-21)29(34(2,31)32)18-20-4-10-22(26)11-5-20/h3-15,17H,1,16,18H2,2H3,(H,28,30)/b27-17-. The molecule has 3 aromatic carbocycles. The molecule has 1 N–H and O–H groups in total.